The van der Waals surface area contributed by atoms with E-state index in [1.54, 1.807) is 41.5 Å². The number of alkyl halides is 1. The van der Waals surface area contributed by atoms with E-state index in [0.29, 0.717) is 29.1 Å². The molecular formula is C29H35FN8O2. The first-order valence-corrected chi connectivity index (χ1v) is 13.8. The number of allylic oxidation sites excluding steroid dienone is 1. The second-order valence-corrected chi connectivity index (χ2v) is 11.5. The lowest BCUT2D eigenvalue weighted by Crippen LogP contribution is -2.49. The van der Waals surface area contributed by atoms with Crippen LogP contribution in [0.2, 0.25) is 0 Å². The summed E-state index contributed by atoms with van der Waals surface area (Å²) in [7, 11) is 5.44. The fourth-order valence-electron chi connectivity index (χ4n) is 6.28. The van der Waals surface area contributed by atoms with Crippen LogP contribution in [0.1, 0.15) is 55.1 Å². The number of anilines is 1. The number of pyridine rings is 1. The van der Waals surface area contributed by atoms with Crippen molar-refractivity contribution in [2.24, 2.45) is 7.05 Å². The lowest BCUT2D eigenvalue weighted by atomic mass is 9.74. The summed E-state index contributed by atoms with van der Waals surface area (Å²) in [4.78, 5) is 23.1. The molecular weight excluding hydrogens is 511 g/mol. The largest absolute Gasteiger partial charge is 0.493 e. The molecule has 2 aliphatic carbocycles. The van der Waals surface area contributed by atoms with E-state index >= 15 is 4.39 Å². The van der Waals surface area contributed by atoms with Crippen LogP contribution in [0.3, 0.4) is 0 Å². The molecule has 6 rings (SSSR count). The number of methoxy groups -OCH3 is 1. The van der Waals surface area contributed by atoms with Gasteiger partial charge in [-0.3, -0.25) is 9.48 Å². The Kier molecular flexibility index (Phi) is 6.33. The van der Waals surface area contributed by atoms with Crippen LogP contribution >= 0.6 is 0 Å². The molecule has 0 radical (unpaired) electrons. The third-order valence-corrected chi connectivity index (χ3v) is 8.81. The van der Waals surface area contributed by atoms with Gasteiger partial charge in [-0.2, -0.15) is 10.4 Å². The maximum Gasteiger partial charge on any atom is 0.239 e. The number of fused-ring (bicyclic) bond motifs is 2. The number of hydrogen-bond acceptors (Lipinski definition) is 7. The fourth-order valence-corrected chi connectivity index (χ4v) is 6.28. The summed E-state index contributed by atoms with van der Waals surface area (Å²) in [6.45, 7) is 5.06. The molecule has 2 fully saturated rings. The van der Waals surface area contributed by atoms with E-state index in [1.165, 1.54) is 20.0 Å². The average molecular weight is 547 g/mol. The highest BCUT2D eigenvalue weighted by Crippen LogP contribution is 2.44. The van der Waals surface area contributed by atoms with Crippen LogP contribution in [-0.2, 0) is 17.3 Å². The normalized spacial score (nSPS) is 23.2. The molecule has 10 nitrogen and oxygen atoms in total. The first-order valence-electron chi connectivity index (χ1n) is 13.8. The Balaban J connectivity index is 1.31. The molecule has 1 saturated carbocycles. The number of nitrogens with one attached hydrogen (secondary N) is 1. The van der Waals surface area contributed by atoms with E-state index in [2.05, 4.69) is 38.3 Å². The van der Waals surface area contributed by atoms with Gasteiger partial charge in [0.1, 0.15) is 28.9 Å². The molecule has 1 aliphatic heterocycles. The van der Waals surface area contributed by atoms with Crippen LogP contribution in [-0.4, -0.2) is 80.4 Å². The molecule has 0 aromatic carbocycles. The van der Waals surface area contributed by atoms with E-state index in [-0.39, 0.29) is 17.0 Å². The standard InChI is InChI=1S/C29H35FN8O2/c1-17-14-38-16-22(25(40-5)20(13-31)27(38)32-17)33-28(39)29(2)24(30)12-23(21-15-35(3)34-26(21)29)37-10-8-19(9-11-37)36(4)18-6-7-18/h12,14-16,18-19,24H,6-11H2,1-5H3,(H,33,39). The van der Waals surface area contributed by atoms with Crippen molar-refractivity contribution in [3.05, 3.63) is 47.2 Å². The highest BCUT2D eigenvalue weighted by molar-refractivity contribution is 6.02. The topological polar surface area (TPSA) is 104 Å². The van der Waals surface area contributed by atoms with Crippen molar-refractivity contribution in [2.45, 2.75) is 63.2 Å². The Bertz CT molecular complexity index is 1560. The number of nitrogens with zero attached hydrogens (tertiary/aromatic N) is 7. The van der Waals surface area contributed by atoms with E-state index in [9.17, 15) is 10.1 Å². The Morgan fingerprint density at radius 1 is 1.23 bits per heavy atom. The Labute approximate surface area is 233 Å². The molecule has 3 aromatic rings. The third-order valence-electron chi connectivity index (χ3n) is 8.81. The highest BCUT2D eigenvalue weighted by atomic mass is 19.1. The smallest absolute Gasteiger partial charge is 0.239 e. The van der Waals surface area contributed by atoms with E-state index in [1.807, 2.05) is 13.1 Å². The molecule has 40 heavy (non-hydrogen) atoms. The predicted octanol–water partition coefficient (Wildman–Crippen LogP) is 3.40. The van der Waals surface area contributed by atoms with Crippen LogP contribution in [0.4, 0.5) is 10.1 Å². The van der Waals surface area contributed by atoms with Crippen LogP contribution in [0.5, 0.6) is 5.75 Å². The van der Waals surface area contributed by atoms with Gasteiger partial charge in [-0.25, -0.2) is 9.37 Å². The number of piperidine rings is 1. The summed E-state index contributed by atoms with van der Waals surface area (Å²) >= 11 is 0. The number of carbonyl (C=O) groups excluding carboxylic acids is 1. The maximum atomic E-state index is 16.3. The Hall–Kier alpha value is -3.91. The van der Waals surface area contributed by atoms with E-state index in [4.69, 9.17) is 4.74 Å². The monoisotopic (exact) mass is 546 g/mol. The molecule has 3 aliphatic rings. The van der Waals surface area contributed by atoms with Gasteiger partial charge in [-0.15, -0.1) is 0 Å². The maximum absolute atomic E-state index is 16.3. The van der Waals surface area contributed by atoms with Gasteiger partial charge in [0.25, 0.3) is 0 Å². The molecule has 210 valence electrons. The van der Waals surface area contributed by atoms with E-state index < -0.39 is 17.5 Å². The van der Waals surface area contributed by atoms with Crippen LogP contribution in [0.15, 0.2) is 24.7 Å². The molecule has 3 aromatic heterocycles. The zero-order chi connectivity index (χ0) is 28.3. The van der Waals surface area contributed by atoms with Gasteiger partial charge in [0.15, 0.2) is 11.4 Å². The second kappa shape index (κ2) is 9.63. The molecule has 1 N–H and O–H groups in total. The SMILES string of the molecule is COc1c(NC(=O)C2(C)c3nn(C)cc3C(N3CCC(N(C)C4CC4)CC3)=CC2F)cn2cc(C)nc2c1C#N. The lowest BCUT2D eigenvalue weighted by molar-refractivity contribution is -0.122. The number of ether oxygens (including phenoxy) is 1. The average Bonchev–Trinajstić information content (AvgIpc) is 3.61. The predicted molar refractivity (Wildman–Crippen MR) is 149 cm³/mol. The van der Waals surface area contributed by atoms with Gasteiger partial charge in [0.2, 0.25) is 5.91 Å². The minimum Gasteiger partial charge on any atom is -0.493 e. The zero-order valence-corrected chi connectivity index (χ0v) is 23.6. The van der Waals surface area contributed by atoms with Crippen LogP contribution in [0, 0.1) is 18.3 Å². The van der Waals surface area contributed by atoms with Crippen molar-refractivity contribution in [1.29, 1.82) is 5.26 Å². The van der Waals surface area contributed by atoms with Gasteiger partial charge in [-0.05, 0) is 52.7 Å². The first kappa shape index (κ1) is 26.3. The van der Waals surface area contributed by atoms with E-state index in [0.717, 1.165) is 37.2 Å². The summed E-state index contributed by atoms with van der Waals surface area (Å²) in [5, 5.41) is 17.3. The molecule has 2 atom stereocenters. The quantitative estimate of drug-likeness (QED) is 0.505. The zero-order valence-electron chi connectivity index (χ0n) is 23.6. The Morgan fingerprint density at radius 3 is 2.58 bits per heavy atom. The second-order valence-electron chi connectivity index (χ2n) is 11.5. The molecule has 2 unspecified atom stereocenters. The molecule has 1 saturated heterocycles. The number of aromatic nitrogens is 4. The summed E-state index contributed by atoms with van der Waals surface area (Å²) in [6, 6.07) is 3.39. The summed E-state index contributed by atoms with van der Waals surface area (Å²) in [5.41, 5.74) is 1.96. The summed E-state index contributed by atoms with van der Waals surface area (Å²) < 4.78 is 25.1. The summed E-state index contributed by atoms with van der Waals surface area (Å²) in [5.74, 6) is -0.390. The molecule has 0 spiro atoms. The van der Waals surface area contributed by atoms with Gasteiger partial charge >= 0.3 is 0 Å². The number of carbonyl (C=O) groups is 1. The first-order chi connectivity index (χ1) is 19.1. The Morgan fingerprint density at radius 2 is 1.93 bits per heavy atom. The van der Waals surface area contributed by atoms with Crippen molar-refractivity contribution in [1.82, 2.24) is 29.0 Å². The minimum absolute atomic E-state index is 0.181. The van der Waals surface area contributed by atoms with Crippen LogP contribution < -0.4 is 10.1 Å². The van der Waals surface area contributed by atoms with Gasteiger partial charge in [0, 0.05) is 62.1 Å². The number of halogens is 1. The molecule has 4 heterocycles. The highest BCUT2D eigenvalue weighted by Gasteiger charge is 2.50. The number of likely N-dealkylation sites (tertiary alicyclic amines) is 1. The van der Waals surface area contributed by atoms with Gasteiger partial charge in [-0.1, -0.05) is 0 Å². The molecule has 11 heteroatoms. The number of aryl methyl sites for hydroxylation is 2. The van der Waals surface area contributed by atoms with Crippen molar-refractivity contribution in [2.75, 3.05) is 32.6 Å². The number of hydrogen-bond donors (Lipinski definition) is 1. The fraction of sp³-hybridized carbons (Fsp3) is 0.517. The lowest BCUT2D eigenvalue weighted by Gasteiger charge is -2.41. The van der Waals surface area contributed by atoms with Crippen molar-refractivity contribution in [3.63, 3.8) is 0 Å². The van der Waals surface area contributed by atoms with Gasteiger partial charge in [0.05, 0.1) is 18.5 Å². The molecule has 0 bridgehead atoms. The van der Waals surface area contributed by atoms with Crippen LogP contribution in [0.25, 0.3) is 11.3 Å². The minimum atomic E-state index is -1.61. The van der Waals surface area contributed by atoms with Gasteiger partial charge < -0.3 is 24.3 Å². The van der Waals surface area contributed by atoms with Crippen molar-refractivity contribution < 1.29 is 13.9 Å². The summed E-state index contributed by atoms with van der Waals surface area (Å²) in [6.07, 6.45) is 9.83. The number of imidazole rings is 1. The van der Waals surface area contributed by atoms with Crippen molar-refractivity contribution in [3.8, 4) is 11.8 Å². The molecule has 1 amide bonds. The number of amides is 1. The number of rotatable bonds is 6. The van der Waals surface area contributed by atoms with Crippen molar-refractivity contribution >= 4 is 22.9 Å². The number of nitriles is 1. The third kappa shape index (κ3) is 4.13.